The van der Waals surface area contributed by atoms with Crippen LogP contribution in [0.25, 0.3) is 10.2 Å². The lowest BCUT2D eigenvalue weighted by Gasteiger charge is -2.25. The molecule has 2 aromatic heterocycles. The van der Waals surface area contributed by atoms with Crippen molar-refractivity contribution in [1.82, 2.24) is 19.7 Å². The van der Waals surface area contributed by atoms with Crippen LogP contribution in [0.15, 0.2) is 18.3 Å². The fourth-order valence-electron chi connectivity index (χ4n) is 3.43. The van der Waals surface area contributed by atoms with Crippen LogP contribution in [-0.2, 0) is 7.05 Å². The van der Waals surface area contributed by atoms with E-state index in [0.717, 1.165) is 46.7 Å². The number of ether oxygens (including phenoxy) is 1. The summed E-state index contributed by atoms with van der Waals surface area (Å²) in [4.78, 5) is 22.4. The number of thiazole rings is 1. The van der Waals surface area contributed by atoms with Crippen molar-refractivity contribution in [3.8, 4) is 5.75 Å². The van der Waals surface area contributed by atoms with Crippen LogP contribution in [0, 0.1) is 13.8 Å². The van der Waals surface area contributed by atoms with E-state index in [1.54, 1.807) is 29.9 Å². The zero-order chi connectivity index (χ0) is 21.1. The van der Waals surface area contributed by atoms with Crippen LogP contribution in [0.5, 0.6) is 5.75 Å². The predicted molar refractivity (Wildman–Crippen MR) is 126 cm³/mol. The van der Waals surface area contributed by atoms with E-state index in [9.17, 15) is 4.79 Å². The standard InChI is InChI=1S/C21H29N5O2S.ClH/c1-7-25(8-2)11-12-26(20(27)18-15(4)13-22-24(18)5)21-23-17-16(28-6)10-9-14(3)19(17)29-21;/h9-10,13H,7-8,11-12H2,1-6H3;1H. The maximum absolute atomic E-state index is 13.5. The molecule has 1 aromatic carbocycles. The molecule has 3 aromatic rings. The summed E-state index contributed by atoms with van der Waals surface area (Å²) in [7, 11) is 3.44. The van der Waals surface area contributed by atoms with Crippen molar-refractivity contribution in [3.05, 3.63) is 35.2 Å². The van der Waals surface area contributed by atoms with Gasteiger partial charge in [0.25, 0.3) is 5.91 Å². The van der Waals surface area contributed by atoms with Crippen LogP contribution in [0.2, 0.25) is 0 Å². The van der Waals surface area contributed by atoms with E-state index in [1.165, 1.54) is 11.3 Å². The van der Waals surface area contributed by atoms with Crippen molar-refractivity contribution in [3.63, 3.8) is 0 Å². The lowest BCUT2D eigenvalue weighted by Crippen LogP contribution is -2.39. The van der Waals surface area contributed by atoms with E-state index in [0.29, 0.717) is 17.4 Å². The number of aryl methyl sites for hydroxylation is 3. The first-order valence-corrected chi connectivity index (χ1v) is 10.7. The van der Waals surface area contributed by atoms with Gasteiger partial charge >= 0.3 is 0 Å². The molecule has 3 rings (SSSR count). The number of hydrogen-bond acceptors (Lipinski definition) is 6. The van der Waals surface area contributed by atoms with Crippen molar-refractivity contribution >= 4 is 45.0 Å². The summed E-state index contributed by atoms with van der Waals surface area (Å²) in [5.74, 6) is 0.645. The minimum atomic E-state index is -0.0784. The Bertz CT molecular complexity index is 993. The molecule has 0 radical (unpaired) electrons. The van der Waals surface area contributed by atoms with Gasteiger partial charge in [-0.25, -0.2) is 4.98 Å². The highest BCUT2D eigenvalue weighted by molar-refractivity contribution is 7.22. The maximum Gasteiger partial charge on any atom is 0.278 e. The topological polar surface area (TPSA) is 63.5 Å². The Balaban J connectivity index is 0.00000320. The van der Waals surface area contributed by atoms with E-state index in [2.05, 4.69) is 30.8 Å². The van der Waals surface area contributed by atoms with Crippen LogP contribution in [0.3, 0.4) is 0 Å². The van der Waals surface area contributed by atoms with Crippen molar-refractivity contribution in [2.45, 2.75) is 27.7 Å². The van der Waals surface area contributed by atoms with Gasteiger partial charge < -0.3 is 9.64 Å². The molecule has 0 bridgehead atoms. The Labute approximate surface area is 188 Å². The molecular weight excluding hydrogens is 422 g/mol. The third-order valence-electron chi connectivity index (χ3n) is 5.25. The first-order valence-electron chi connectivity index (χ1n) is 9.88. The van der Waals surface area contributed by atoms with Gasteiger partial charge in [0.05, 0.1) is 18.0 Å². The second-order valence-corrected chi connectivity index (χ2v) is 8.02. The first-order chi connectivity index (χ1) is 13.9. The van der Waals surface area contributed by atoms with E-state index in [-0.39, 0.29) is 18.3 Å². The Kier molecular flexibility index (Phi) is 8.23. The van der Waals surface area contributed by atoms with Gasteiger partial charge in [0.1, 0.15) is 17.0 Å². The first kappa shape index (κ1) is 24.1. The monoisotopic (exact) mass is 451 g/mol. The van der Waals surface area contributed by atoms with Gasteiger partial charge in [-0.1, -0.05) is 31.3 Å². The zero-order valence-electron chi connectivity index (χ0n) is 18.4. The number of aromatic nitrogens is 3. The molecule has 7 nitrogen and oxygen atoms in total. The molecule has 164 valence electrons. The molecule has 9 heteroatoms. The van der Waals surface area contributed by atoms with E-state index >= 15 is 0 Å². The summed E-state index contributed by atoms with van der Waals surface area (Å²) < 4.78 is 8.18. The number of likely N-dealkylation sites (N-methyl/N-ethyl adjacent to an activating group) is 1. The third-order valence-corrected chi connectivity index (χ3v) is 6.46. The smallest absolute Gasteiger partial charge is 0.278 e. The third kappa shape index (κ3) is 4.61. The zero-order valence-corrected chi connectivity index (χ0v) is 20.1. The molecule has 0 unspecified atom stereocenters. The van der Waals surface area contributed by atoms with Crippen LogP contribution in [0.1, 0.15) is 35.5 Å². The van der Waals surface area contributed by atoms with Crippen LogP contribution in [0.4, 0.5) is 5.13 Å². The van der Waals surface area contributed by atoms with Gasteiger partial charge in [-0.3, -0.25) is 14.4 Å². The number of carbonyl (C=O) groups excluding carboxylic acids is 1. The second kappa shape index (κ2) is 10.2. The minimum absolute atomic E-state index is 0. The average Bonchev–Trinajstić information content (AvgIpc) is 3.29. The van der Waals surface area contributed by atoms with Crippen molar-refractivity contribution in [2.75, 3.05) is 38.2 Å². The number of amides is 1. The van der Waals surface area contributed by atoms with Crippen molar-refractivity contribution in [1.29, 1.82) is 0 Å². The summed E-state index contributed by atoms with van der Waals surface area (Å²) >= 11 is 1.53. The number of benzene rings is 1. The van der Waals surface area contributed by atoms with Crippen molar-refractivity contribution < 1.29 is 9.53 Å². The number of rotatable bonds is 8. The number of carbonyl (C=O) groups is 1. The number of anilines is 1. The second-order valence-electron chi connectivity index (χ2n) is 7.04. The summed E-state index contributed by atoms with van der Waals surface area (Å²) in [6.45, 7) is 11.4. The lowest BCUT2D eigenvalue weighted by atomic mass is 10.2. The summed E-state index contributed by atoms with van der Waals surface area (Å²) in [6.07, 6.45) is 1.72. The Hall–Kier alpha value is -2.16. The molecular formula is C21H30ClN5O2S. The molecule has 0 atom stereocenters. The summed E-state index contributed by atoms with van der Waals surface area (Å²) in [5.41, 5.74) is 3.37. The van der Waals surface area contributed by atoms with Gasteiger partial charge in [0.2, 0.25) is 0 Å². The maximum atomic E-state index is 13.5. The molecule has 0 saturated heterocycles. The molecule has 0 N–H and O–H groups in total. The fraction of sp³-hybridized carbons (Fsp3) is 0.476. The molecule has 0 aliphatic heterocycles. The van der Waals surface area contributed by atoms with Crippen molar-refractivity contribution in [2.24, 2.45) is 7.05 Å². The van der Waals surface area contributed by atoms with Gasteiger partial charge in [0.15, 0.2) is 5.13 Å². The SMILES string of the molecule is CCN(CC)CCN(C(=O)c1c(C)cnn1C)c1nc2c(OC)ccc(C)c2s1.Cl. The van der Waals surface area contributed by atoms with Crippen LogP contribution in [-0.4, -0.2) is 58.9 Å². The average molecular weight is 452 g/mol. The molecule has 1 amide bonds. The molecule has 2 heterocycles. The highest BCUT2D eigenvalue weighted by Gasteiger charge is 2.26. The number of hydrogen-bond donors (Lipinski definition) is 0. The normalized spacial score (nSPS) is 11.0. The van der Waals surface area contributed by atoms with E-state index in [4.69, 9.17) is 9.72 Å². The Morgan fingerprint density at radius 2 is 1.87 bits per heavy atom. The van der Waals surface area contributed by atoms with Crippen LogP contribution < -0.4 is 9.64 Å². The molecule has 30 heavy (non-hydrogen) atoms. The highest BCUT2D eigenvalue weighted by atomic mass is 35.5. The molecule has 0 spiro atoms. The van der Waals surface area contributed by atoms with Gasteiger partial charge in [0, 0.05) is 20.1 Å². The molecule has 0 saturated carbocycles. The van der Waals surface area contributed by atoms with Gasteiger partial charge in [-0.05, 0) is 44.1 Å². The predicted octanol–water partition coefficient (Wildman–Crippen LogP) is 4.07. The lowest BCUT2D eigenvalue weighted by molar-refractivity contribution is 0.0974. The Morgan fingerprint density at radius 1 is 1.17 bits per heavy atom. The molecule has 0 aliphatic rings. The van der Waals surface area contributed by atoms with E-state index < -0.39 is 0 Å². The van der Waals surface area contributed by atoms with Crippen LogP contribution >= 0.6 is 23.7 Å². The Morgan fingerprint density at radius 3 is 2.43 bits per heavy atom. The number of fused-ring (bicyclic) bond motifs is 1. The summed E-state index contributed by atoms with van der Waals surface area (Å²) in [6, 6.07) is 3.95. The highest BCUT2D eigenvalue weighted by Crippen LogP contribution is 2.36. The number of halogens is 1. The quantitative estimate of drug-likeness (QED) is 0.516. The fourth-order valence-corrected chi connectivity index (χ4v) is 4.50. The van der Waals surface area contributed by atoms with Gasteiger partial charge in [-0.15, -0.1) is 12.4 Å². The molecule has 0 aliphatic carbocycles. The number of methoxy groups -OCH3 is 1. The molecule has 0 fully saturated rings. The largest absolute Gasteiger partial charge is 0.494 e. The minimum Gasteiger partial charge on any atom is -0.494 e. The summed E-state index contributed by atoms with van der Waals surface area (Å²) in [5, 5.41) is 4.93. The van der Waals surface area contributed by atoms with Gasteiger partial charge in [-0.2, -0.15) is 5.10 Å². The van der Waals surface area contributed by atoms with E-state index in [1.807, 2.05) is 19.1 Å². The number of nitrogens with zero attached hydrogens (tertiary/aromatic N) is 5.